The molecule has 2 N–H and O–H groups in total. The number of rotatable bonds is 3. The Labute approximate surface area is 128 Å². The SMILES string of the molecule is CC.CN(C)CC(=O)N1CCN(c2ccc(N)cc2)CC1. The Morgan fingerprint density at radius 3 is 2.10 bits per heavy atom. The minimum absolute atomic E-state index is 0.210. The van der Waals surface area contributed by atoms with Gasteiger partial charge in [-0.3, -0.25) is 4.79 Å². The third-order valence-electron chi connectivity index (χ3n) is 3.34. The highest BCUT2D eigenvalue weighted by molar-refractivity contribution is 5.78. The van der Waals surface area contributed by atoms with Crippen molar-refractivity contribution in [3.8, 4) is 0 Å². The van der Waals surface area contributed by atoms with Gasteiger partial charge >= 0.3 is 0 Å². The Balaban J connectivity index is 0.00000106. The molecule has 0 radical (unpaired) electrons. The van der Waals surface area contributed by atoms with Crippen molar-refractivity contribution in [2.75, 3.05) is 57.5 Å². The van der Waals surface area contributed by atoms with Gasteiger partial charge in [-0.1, -0.05) is 13.8 Å². The molecule has 1 aromatic carbocycles. The van der Waals surface area contributed by atoms with E-state index in [2.05, 4.69) is 4.90 Å². The van der Waals surface area contributed by atoms with Gasteiger partial charge in [-0.05, 0) is 38.4 Å². The van der Waals surface area contributed by atoms with Gasteiger partial charge in [0.1, 0.15) is 0 Å². The van der Waals surface area contributed by atoms with Gasteiger partial charge in [0.05, 0.1) is 6.54 Å². The highest BCUT2D eigenvalue weighted by Gasteiger charge is 2.21. The van der Waals surface area contributed by atoms with Crippen LogP contribution in [0.3, 0.4) is 0 Å². The number of nitrogen functional groups attached to an aromatic ring is 1. The highest BCUT2D eigenvalue weighted by atomic mass is 16.2. The average molecular weight is 292 g/mol. The van der Waals surface area contributed by atoms with Crippen molar-refractivity contribution in [2.24, 2.45) is 0 Å². The van der Waals surface area contributed by atoms with E-state index in [4.69, 9.17) is 5.73 Å². The topological polar surface area (TPSA) is 52.8 Å². The number of nitrogens with two attached hydrogens (primary N) is 1. The Morgan fingerprint density at radius 2 is 1.62 bits per heavy atom. The first-order chi connectivity index (χ1) is 10.1. The molecule has 2 rings (SSSR count). The predicted molar refractivity (Wildman–Crippen MR) is 89.5 cm³/mol. The maximum absolute atomic E-state index is 11.9. The smallest absolute Gasteiger partial charge is 0.236 e. The second kappa shape index (κ2) is 8.52. The van der Waals surface area contributed by atoms with E-state index in [0.717, 1.165) is 31.9 Å². The Bertz CT molecular complexity index is 422. The number of benzene rings is 1. The fourth-order valence-electron chi connectivity index (χ4n) is 2.27. The molecule has 1 amide bonds. The molecule has 1 aromatic rings. The van der Waals surface area contributed by atoms with Crippen LogP contribution in [0.4, 0.5) is 11.4 Å². The van der Waals surface area contributed by atoms with Crippen LogP contribution in [0.5, 0.6) is 0 Å². The predicted octanol–water partition coefficient (Wildman–Crippen LogP) is 1.51. The minimum Gasteiger partial charge on any atom is -0.399 e. The fourth-order valence-corrected chi connectivity index (χ4v) is 2.27. The maximum Gasteiger partial charge on any atom is 0.236 e. The molecule has 1 heterocycles. The van der Waals surface area contributed by atoms with Crippen molar-refractivity contribution in [1.82, 2.24) is 9.80 Å². The third-order valence-corrected chi connectivity index (χ3v) is 3.34. The number of hydrogen-bond donors (Lipinski definition) is 1. The quantitative estimate of drug-likeness (QED) is 0.858. The van der Waals surface area contributed by atoms with Gasteiger partial charge in [-0.15, -0.1) is 0 Å². The normalized spacial score (nSPS) is 14.7. The van der Waals surface area contributed by atoms with Crippen LogP contribution in [-0.2, 0) is 4.79 Å². The summed E-state index contributed by atoms with van der Waals surface area (Å²) in [7, 11) is 3.84. The average Bonchev–Trinajstić information content (AvgIpc) is 2.49. The third kappa shape index (κ3) is 5.27. The molecule has 0 unspecified atom stereocenters. The summed E-state index contributed by atoms with van der Waals surface area (Å²) >= 11 is 0. The first-order valence-corrected chi connectivity index (χ1v) is 7.59. The lowest BCUT2D eigenvalue weighted by Gasteiger charge is -2.36. The van der Waals surface area contributed by atoms with Crippen molar-refractivity contribution in [1.29, 1.82) is 0 Å². The summed E-state index contributed by atoms with van der Waals surface area (Å²) in [5, 5.41) is 0. The van der Waals surface area contributed by atoms with Crippen LogP contribution < -0.4 is 10.6 Å². The standard InChI is InChI=1S/C14H22N4O.C2H6/c1-16(2)11-14(19)18-9-7-17(8-10-18)13-5-3-12(15)4-6-13;1-2/h3-6H,7-11,15H2,1-2H3;1-2H3. The van der Waals surface area contributed by atoms with Gasteiger partial charge in [0.2, 0.25) is 5.91 Å². The van der Waals surface area contributed by atoms with Gasteiger partial charge in [-0.2, -0.15) is 0 Å². The number of likely N-dealkylation sites (N-methyl/N-ethyl adjacent to an activating group) is 1. The molecule has 5 heteroatoms. The molecule has 0 bridgehead atoms. The van der Waals surface area contributed by atoms with E-state index in [1.165, 1.54) is 5.69 Å². The van der Waals surface area contributed by atoms with Gasteiger partial charge < -0.3 is 20.4 Å². The van der Waals surface area contributed by atoms with E-state index >= 15 is 0 Å². The Hall–Kier alpha value is -1.75. The zero-order valence-electron chi connectivity index (χ0n) is 13.7. The summed E-state index contributed by atoms with van der Waals surface area (Å²) in [6.45, 7) is 7.82. The van der Waals surface area contributed by atoms with Gasteiger partial charge in [0.25, 0.3) is 0 Å². The molecule has 1 aliphatic rings. The summed E-state index contributed by atoms with van der Waals surface area (Å²) in [5.41, 5.74) is 7.64. The molecule has 21 heavy (non-hydrogen) atoms. The van der Waals surface area contributed by atoms with Crippen LogP contribution in [0.25, 0.3) is 0 Å². The molecule has 1 saturated heterocycles. The molecule has 0 atom stereocenters. The number of piperazine rings is 1. The lowest BCUT2D eigenvalue weighted by atomic mass is 10.2. The van der Waals surface area contributed by atoms with Crippen LogP contribution in [0, 0.1) is 0 Å². The van der Waals surface area contributed by atoms with E-state index in [9.17, 15) is 4.79 Å². The molecule has 0 aromatic heterocycles. The lowest BCUT2D eigenvalue weighted by molar-refractivity contribution is -0.132. The number of nitrogens with zero attached hydrogens (tertiary/aromatic N) is 3. The summed E-state index contributed by atoms with van der Waals surface area (Å²) < 4.78 is 0. The molecule has 0 spiro atoms. The van der Waals surface area contributed by atoms with Crippen molar-refractivity contribution in [3.63, 3.8) is 0 Å². The van der Waals surface area contributed by atoms with E-state index < -0.39 is 0 Å². The van der Waals surface area contributed by atoms with Crippen LogP contribution in [-0.4, -0.2) is 62.5 Å². The monoisotopic (exact) mass is 292 g/mol. The lowest BCUT2D eigenvalue weighted by Crippen LogP contribution is -2.50. The van der Waals surface area contributed by atoms with E-state index in [-0.39, 0.29) is 5.91 Å². The molecule has 1 fully saturated rings. The number of carbonyl (C=O) groups is 1. The summed E-state index contributed by atoms with van der Waals surface area (Å²) in [6.07, 6.45) is 0. The number of amides is 1. The van der Waals surface area contributed by atoms with Crippen molar-refractivity contribution in [2.45, 2.75) is 13.8 Å². The number of hydrogen-bond acceptors (Lipinski definition) is 4. The Kier molecular flexibility index (Phi) is 7.02. The first kappa shape index (κ1) is 17.3. The van der Waals surface area contributed by atoms with Gasteiger partial charge in [0, 0.05) is 37.6 Å². The van der Waals surface area contributed by atoms with Crippen molar-refractivity contribution < 1.29 is 4.79 Å². The largest absolute Gasteiger partial charge is 0.399 e. The van der Waals surface area contributed by atoms with Gasteiger partial charge in [0.15, 0.2) is 0 Å². The summed E-state index contributed by atoms with van der Waals surface area (Å²) in [5.74, 6) is 0.210. The molecule has 1 aliphatic heterocycles. The molecule has 0 aliphatic carbocycles. The van der Waals surface area contributed by atoms with Crippen molar-refractivity contribution >= 4 is 17.3 Å². The van der Waals surface area contributed by atoms with Crippen LogP contribution in [0.2, 0.25) is 0 Å². The molecular weight excluding hydrogens is 264 g/mol. The zero-order valence-corrected chi connectivity index (χ0v) is 13.7. The highest BCUT2D eigenvalue weighted by Crippen LogP contribution is 2.18. The molecule has 0 saturated carbocycles. The molecule has 118 valence electrons. The van der Waals surface area contributed by atoms with E-state index in [1.54, 1.807) is 0 Å². The second-order valence-corrected chi connectivity index (χ2v) is 5.20. The van der Waals surface area contributed by atoms with Crippen molar-refractivity contribution in [3.05, 3.63) is 24.3 Å². The summed E-state index contributed by atoms with van der Waals surface area (Å²) in [6, 6.07) is 7.90. The first-order valence-electron chi connectivity index (χ1n) is 7.59. The van der Waals surface area contributed by atoms with E-state index in [1.807, 2.05) is 62.0 Å². The van der Waals surface area contributed by atoms with Crippen LogP contribution in [0.15, 0.2) is 24.3 Å². The zero-order chi connectivity index (χ0) is 15.8. The van der Waals surface area contributed by atoms with E-state index in [0.29, 0.717) is 6.54 Å². The van der Waals surface area contributed by atoms with Gasteiger partial charge in [-0.25, -0.2) is 0 Å². The second-order valence-electron chi connectivity index (χ2n) is 5.20. The van der Waals surface area contributed by atoms with Crippen LogP contribution in [0.1, 0.15) is 13.8 Å². The Morgan fingerprint density at radius 1 is 1.10 bits per heavy atom. The summed E-state index contributed by atoms with van der Waals surface area (Å²) in [4.78, 5) is 18.1. The fraction of sp³-hybridized carbons (Fsp3) is 0.562. The molecule has 5 nitrogen and oxygen atoms in total. The number of carbonyl (C=O) groups excluding carboxylic acids is 1. The molecular formula is C16H28N4O. The number of anilines is 2. The van der Waals surface area contributed by atoms with Crippen LogP contribution >= 0.6 is 0 Å². The minimum atomic E-state index is 0.210. The maximum atomic E-state index is 11.9.